The van der Waals surface area contributed by atoms with E-state index in [0.717, 1.165) is 11.1 Å². The molecule has 2 fully saturated rings. The van der Waals surface area contributed by atoms with Crippen molar-refractivity contribution in [3.63, 3.8) is 0 Å². The molecule has 2 saturated heterocycles. The number of carbonyl (C=O) groups is 3. The van der Waals surface area contributed by atoms with E-state index < -0.39 is 28.1 Å². The van der Waals surface area contributed by atoms with Gasteiger partial charge in [-0.05, 0) is 56.7 Å². The van der Waals surface area contributed by atoms with E-state index in [-0.39, 0.29) is 29.0 Å². The number of likely N-dealkylation sites (tertiary alicyclic amines) is 2. The Morgan fingerprint density at radius 2 is 1.62 bits per heavy atom. The molecule has 0 saturated carbocycles. The summed E-state index contributed by atoms with van der Waals surface area (Å²) in [6, 6.07) is 13.9. The fourth-order valence-corrected chi connectivity index (χ4v) is 6.28. The van der Waals surface area contributed by atoms with Crippen molar-refractivity contribution in [2.24, 2.45) is 5.92 Å². The van der Waals surface area contributed by atoms with E-state index in [4.69, 9.17) is 0 Å². The van der Waals surface area contributed by atoms with Crippen LogP contribution in [0.4, 0.5) is 0 Å². The summed E-state index contributed by atoms with van der Waals surface area (Å²) in [5.74, 6) is -1.84. The highest BCUT2D eigenvalue weighted by Gasteiger charge is 2.39. The third-order valence-electron chi connectivity index (χ3n) is 7.19. The maximum absolute atomic E-state index is 13.6. The van der Waals surface area contributed by atoms with Crippen LogP contribution in [0.3, 0.4) is 0 Å². The minimum absolute atomic E-state index is 0.0897. The number of nitrogens with one attached hydrogen (secondary N) is 1. The summed E-state index contributed by atoms with van der Waals surface area (Å²) in [7, 11) is -3.94. The topological polar surface area (TPSA) is 124 Å². The molecule has 4 rings (SSSR count). The van der Waals surface area contributed by atoms with Crippen molar-refractivity contribution >= 4 is 27.8 Å². The molecule has 9 nitrogen and oxygen atoms in total. The van der Waals surface area contributed by atoms with Gasteiger partial charge in [0.1, 0.15) is 12.1 Å². The lowest BCUT2D eigenvalue weighted by atomic mass is 9.94. The molecule has 10 heteroatoms. The Bertz CT molecular complexity index is 1220. The van der Waals surface area contributed by atoms with E-state index >= 15 is 0 Å². The SMILES string of the molecule is Cc1ccc(S(=O)(=O)NC(Cc2ccccc2)C(=O)N2CCC(C(=O)N3CCCC3C(=O)O)CC2)cc1. The van der Waals surface area contributed by atoms with Gasteiger partial charge in [-0.15, -0.1) is 0 Å². The second kappa shape index (κ2) is 11.4. The zero-order valence-corrected chi connectivity index (χ0v) is 21.7. The van der Waals surface area contributed by atoms with Crippen molar-refractivity contribution in [1.82, 2.24) is 14.5 Å². The molecule has 2 amide bonds. The number of carboxylic acid groups (broad SMARTS) is 1. The second-order valence-electron chi connectivity index (χ2n) is 9.80. The van der Waals surface area contributed by atoms with Crippen molar-refractivity contribution in [2.45, 2.75) is 56.0 Å². The summed E-state index contributed by atoms with van der Waals surface area (Å²) in [5, 5.41) is 9.41. The van der Waals surface area contributed by atoms with Gasteiger partial charge in [0.15, 0.2) is 0 Å². The van der Waals surface area contributed by atoms with Crippen LogP contribution in [0.25, 0.3) is 0 Å². The van der Waals surface area contributed by atoms with Crippen LogP contribution in [0.1, 0.15) is 36.8 Å². The van der Waals surface area contributed by atoms with Gasteiger partial charge in [-0.2, -0.15) is 4.72 Å². The molecule has 37 heavy (non-hydrogen) atoms. The summed E-state index contributed by atoms with van der Waals surface area (Å²) in [6.45, 7) is 2.91. The van der Waals surface area contributed by atoms with E-state index in [1.807, 2.05) is 37.3 Å². The van der Waals surface area contributed by atoms with Crippen LogP contribution in [0.15, 0.2) is 59.5 Å². The standard InChI is InChI=1S/C27H33N3O6S/c1-19-9-11-22(12-10-19)37(35,36)28-23(18-20-6-3-2-4-7-20)26(32)29-16-13-21(14-17-29)25(31)30-15-5-8-24(30)27(33)34/h2-4,6-7,9-12,21,23-24,28H,5,8,13-18H2,1H3,(H,33,34). The normalized spacial score (nSPS) is 19.5. The van der Waals surface area contributed by atoms with Crippen LogP contribution in [0, 0.1) is 12.8 Å². The maximum Gasteiger partial charge on any atom is 0.326 e. The van der Waals surface area contributed by atoms with Gasteiger partial charge in [0, 0.05) is 25.6 Å². The lowest BCUT2D eigenvalue weighted by molar-refractivity contribution is -0.151. The Morgan fingerprint density at radius 3 is 2.24 bits per heavy atom. The molecule has 2 aliphatic rings. The van der Waals surface area contributed by atoms with Crippen molar-refractivity contribution in [3.8, 4) is 0 Å². The highest BCUT2D eigenvalue weighted by Crippen LogP contribution is 2.26. The zero-order chi connectivity index (χ0) is 26.6. The van der Waals surface area contributed by atoms with Crippen molar-refractivity contribution < 1.29 is 27.9 Å². The molecule has 0 radical (unpaired) electrons. The Kier molecular flexibility index (Phi) is 8.29. The molecular weight excluding hydrogens is 494 g/mol. The van der Waals surface area contributed by atoms with Gasteiger partial charge in [0.2, 0.25) is 21.8 Å². The molecule has 2 aliphatic heterocycles. The van der Waals surface area contributed by atoms with Gasteiger partial charge in [0.05, 0.1) is 4.90 Å². The first-order valence-corrected chi connectivity index (χ1v) is 14.1. The highest BCUT2D eigenvalue weighted by molar-refractivity contribution is 7.89. The van der Waals surface area contributed by atoms with Crippen LogP contribution in [-0.2, 0) is 30.8 Å². The first kappa shape index (κ1) is 26.8. The molecule has 2 aromatic rings. The number of nitrogens with zero attached hydrogens (tertiary/aromatic N) is 2. The third-order valence-corrected chi connectivity index (χ3v) is 8.67. The van der Waals surface area contributed by atoms with Gasteiger partial charge in [0.25, 0.3) is 0 Å². The molecule has 2 N–H and O–H groups in total. The van der Waals surface area contributed by atoms with Crippen LogP contribution >= 0.6 is 0 Å². The molecule has 2 atom stereocenters. The van der Waals surface area contributed by atoms with E-state index in [2.05, 4.69) is 4.72 Å². The van der Waals surface area contributed by atoms with Gasteiger partial charge in [-0.1, -0.05) is 48.0 Å². The van der Waals surface area contributed by atoms with Crippen LogP contribution < -0.4 is 4.72 Å². The minimum Gasteiger partial charge on any atom is -0.480 e. The Morgan fingerprint density at radius 1 is 0.973 bits per heavy atom. The lowest BCUT2D eigenvalue weighted by Gasteiger charge is -2.35. The van der Waals surface area contributed by atoms with E-state index in [0.29, 0.717) is 45.3 Å². The smallest absolute Gasteiger partial charge is 0.326 e. The Labute approximate surface area is 217 Å². The quantitative estimate of drug-likeness (QED) is 0.543. The predicted molar refractivity (Wildman–Crippen MR) is 137 cm³/mol. The number of hydrogen-bond donors (Lipinski definition) is 2. The van der Waals surface area contributed by atoms with E-state index in [1.165, 1.54) is 17.0 Å². The summed E-state index contributed by atoms with van der Waals surface area (Å²) in [5.41, 5.74) is 1.75. The first-order valence-electron chi connectivity index (χ1n) is 12.6. The molecule has 0 spiro atoms. The number of amides is 2. The molecular formula is C27H33N3O6S. The molecule has 0 aromatic heterocycles. The molecule has 198 valence electrons. The Hall–Kier alpha value is -3.24. The molecule has 2 aromatic carbocycles. The van der Waals surface area contributed by atoms with Crippen molar-refractivity contribution in [1.29, 1.82) is 0 Å². The number of rotatable bonds is 8. The monoisotopic (exact) mass is 527 g/mol. The average molecular weight is 528 g/mol. The summed E-state index contributed by atoms with van der Waals surface area (Å²) in [4.78, 5) is 41.2. The molecule has 2 unspecified atom stereocenters. The molecule has 2 heterocycles. The predicted octanol–water partition coefficient (Wildman–Crippen LogP) is 2.20. The maximum atomic E-state index is 13.6. The van der Waals surface area contributed by atoms with Crippen molar-refractivity contribution in [3.05, 3.63) is 65.7 Å². The third kappa shape index (κ3) is 6.37. The van der Waals surface area contributed by atoms with Crippen molar-refractivity contribution in [2.75, 3.05) is 19.6 Å². The summed E-state index contributed by atoms with van der Waals surface area (Å²) >= 11 is 0. The first-order chi connectivity index (χ1) is 17.7. The largest absolute Gasteiger partial charge is 0.480 e. The number of aryl methyl sites for hydroxylation is 1. The van der Waals surface area contributed by atoms with Crippen LogP contribution in [-0.4, -0.2) is 72.8 Å². The zero-order valence-electron chi connectivity index (χ0n) is 20.9. The fourth-order valence-electron chi connectivity index (χ4n) is 5.09. The average Bonchev–Trinajstić information content (AvgIpc) is 3.39. The van der Waals surface area contributed by atoms with E-state index in [9.17, 15) is 27.9 Å². The number of benzene rings is 2. The number of aliphatic carboxylic acids is 1. The highest BCUT2D eigenvalue weighted by atomic mass is 32.2. The number of hydrogen-bond acceptors (Lipinski definition) is 5. The number of sulfonamides is 1. The fraction of sp³-hybridized carbons (Fsp3) is 0.444. The Balaban J connectivity index is 1.46. The lowest BCUT2D eigenvalue weighted by Crippen LogP contribution is -2.53. The minimum atomic E-state index is -3.94. The molecule has 0 aliphatic carbocycles. The number of carbonyl (C=O) groups excluding carboxylic acids is 2. The summed E-state index contributed by atoms with van der Waals surface area (Å²) in [6.07, 6.45) is 2.15. The van der Waals surface area contributed by atoms with Gasteiger partial charge < -0.3 is 14.9 Å². The van der Waals surface area contributed by atoms with Gasteiger partial charge >= 0.3 is 5.97 Å². The van der Waals surface area contributed by atoms with Gasteiger partial charge in [-0.25, -0.2) is 13.2 Å². The van der Waals surface area contributed by atoms with Gasteiger partial charge in [-0.3, -0.25) is 9.59 Å². The van der Waals surface area contributed by atoms with Crippen LogP contribution in [0.2, 0.25) is 0 Å². The summed E-state index contributed by atoms with van der Waals surface area (Å²) < 4.78 is 28.9. The van der Waals surface area contributed by atoms with E-state index in [1.54, 1.807) is 17.0 Å². The number of piperidine rings is 1. The second-order valence-corrected chi connectivity index (χ2v) is 11.5. The number of carboxylic acids is 1. The van der Waals surface area contributed by atoms with Crippen LogP contribution in [0.5, 0.6) is 0 Å². The molecule has 0 bridgehead atoms.